The minimum absolute atomic E-state index is 0.0345. The van der Waals surface area contributed by atoms with Crippen molar-refractivity contribution in [1.82, 2.24) is 0 Å². The number of hydrogen-bond donors (Lipinski definition) is 2. The summed E-state index contributed by atoms with van der Waals surface area (Å²) in [4.78, 5) is 23.9. The van der Waals surface area contributed by atoms with E-state index in [2.05, 4.69) is 26.8 Å². The number of carboxylic acids is 1. The van der Waals surface area contributed by atoms with Crippen LogP contribution >= 0.6 is 0 Å². The van der Waals surface area contributed by atoms with Crippen LogP contribution in [0, 0.1) is 45.3 Å². The summed E-state index contributed by atoms with van der Waals surface area (Å²) in [6.45, 7) is 13.1. The molecule has 9 atom stereocenters. The van der Waals surface area contributed by atoms with Crippen LogP contribution in [0.15, 0.2) is 11.6 Å². The number of rotatable bonds is 6. The van der Waals surface area contributed by atoms with Crippen LogP contribution < -0.4 is 0 Å². The maximum atomic E-state index is 12.3. The van der Waals surface area contributed by atoms with Crippen LogP contribution in [0.4, 0.5) is 0 Å². The van der Waals surface area contributed by atoms with Gasteiger partial charge in [-0.05, 0) is 117 Å². The second-order valence-corrected chi connectivity index (χ2v) is 14.1. The molecule has 0 amide bonds. The van der Waals surface area contributed by atoms with E-state index in [1.807, 2.05) is 20.8 Å². The van der Waals surface area contributed by atoms with Gasteiger partial charge in [-0.15, -0.1) is 0 Å². The first kappa shape index (κ1) is 25.3. The Hall–Kier alpha value is -1.36. The molecular formula is C30H46O5. The zero-order valence-corrected chi connectivity index (χ0v) is 22.7. The third kappa shape index (κ3) is 3.35. The molecule has 5 heteroatoms. The van der Waals surface area contributed by atoms with Gasteiger partial charge < -0.3 is 14.9 Å². The van der Waals surface area contributed by atoms with Gasteiger partial charge in [0.25, 0.3) is 0 Å². The Labute approximate surface area is 211 Å². The molecule has 1 aliphatic heterocycles. The topological polar surface area (TPSA) is 83.8 Å². The number of carbonyl (C=O) groups excluding carboxylic acids is 1. The molecule has 0 radical (unpaired) electrons. The molecule has 0 aromatic carbocycles. The number of esters is 1. The second kappa shape index (κ2) is 7.82. The summed E-state index contributed by atoms with van der Waals surface area (Å²) in [7, 11) is 0. The highest BCUT2D eigenvalue weighted by molar-refractivity contribution is 5.88. The van der Waals surface area contributed by atoms with E-state index >= 15 is 0 Å². The summed E-state index contributed by atoms with van der Waals surface area (Å²) in [6.07, 6.45) is 11.6. The molecule has 4 saturated carbocycles. The Morgan fingerprint density at radius 1 is 1.17 bits per heavy atom. The summed E-state index contributed by atoms with van der Waals surface area (Å²) >= 11 is 0. The first-order chi connectivity index (χ1) is 16.2. The van der Waals surface area contributed by atoms with Crippen molar-refractivity contribution in [2.75, 3.05) is 0 Å². The Morgan fingerprint density at radius 2 is 1.89 bits per heavy atom. The molecule has 0 unspecified atom stereocenters. The van der Waals surface area contributed by atoms with Crippen LogP contribution in [0.25, 0.3) is 0 Å². The van der Waals surface area contributed by atoms with Crippen molar-refractivity contribution in [3.05, 3.63) is 11.6 Å². The number of aliphatic carboxylic acids is 1. The van der Waals surface area contributed by atoms with Crippen LogP contribution in [0.3, 0.4) is 0 Å². The zero-order valence-electron chi connectivity index (χ0n) is 22.7. The van der Waals surface area contributed by atoms with Gasteiger partial charge in [0.1, 0.15) is 6.10 Å². The number of carbonyl (C=O) groups is 2. The summed E-state index contributed by atoms with van der Waals surface area (Å²) < 4.78 is 5.90. The molecule has 1 spiro atoms. The molecule has 5 aliphatic rings. The van der Waals surface area contributed by atoms with Gasteiger partial charge in [-0.2, -0.15) is 0 Å². The van der Waals surface area contributed by atoms with Crippen LogP contribution in [-0.4, -0.2) is 33.9 Å². The lowest BCUT2D eigenvalue weighted by molar-refractivity contribution is -0.161. The third-order valence-electron chi connectivity index (χ3n) is 12.6. The molecule has 4 aliphatic carbocycles. The molecule has 0 aromatic rings. The van der Waals surface area contributed by atoms with Gasteiger partial charge in [0.15, 0.2) is 0 Å². The molecule has 5 rings (SSSR count). The normalized spacial score (nSPS) is 47.6. The number of hydrogen-bond acceptors (Lipinski definition) is 4. The van der Waals surface area contributed by atoms with Gasteiger partial charge in [-0.25, -0.2) is 4.79 Å². The molecule has 2 N–H and O–H groups in total. The Balaban J connectivity index is 1.44. The predicted molar refractivity (Wildman–Crippen MR) is 134 cm³/mol. The summed E-state index contributed by atoms with van der Waals surface area (Å²) in [5.41, 5.74) is 0.470. The van der Waals surface area contributed by atoms with E-state index in [0.29, 0.717) is 24.2 Å². The Bertz CT molecular complexity index is 947. The largest absolute Gasteiger partial charge is 0.481 e. The van der Waals surface area contributed by atoms with Crippen molar-refractivity contribution >= 4 is 11.9 Å². The van der Waals surface area contributed by atoms with Gasteiger partial charge in [-0.1, -0.05) is 26.8 Å². The minimum atomic E-state index is -0.780. The van der Waals surface area contributed by atoms with E-state index in [-0.39, 0.29) is 46.1 Å². The van der Waals surface area contributed by atoms with Crippen molar-refractivity contribution < 1.29 is 24.5 Å². The maximum absolute atomic E-state index is 12.3. The monoisotopic (exact) mass is 486 g/mol. The highest BCUT2D eigenvalue weighted by Crippen LogP contribution is 2.87. The lowest BCUT2D eigenvalue weighted by atomic mass is 9.43. The summed E-state index contributed by atoms with van der Waals surface area (Å²) in [5.74, 6) is 0.723. The molecular weight excluding hydrogens is 440 g/mol. The number of fused-ring (bicyclic) bond motifs is 2. The fourth-order valence-corrected chi connectivity index (χ4v) is 10.7. The maximum Gasteiger partial charge on any atom is 0.333 e. The summed E-state index contributed by atoms with van der Waals surface area (Å²) in [5, 5.41) is 20.7. The second-order valence-electron chi connectivity index (χ2n) is 14.1. The first-order valence-corrected chi connectivity index (χ1v) is 14.0. The standard InChI is InChI=1S/C30H46O5/c1-18-7-8-21(35-25(18)33)19(2)20-11-13-28(6)23-10-9-22(26(3,4)34)29(14-12-24(31)32)17-30(23,29)16-15-27(20,28)5/h7,19-23,34H,8-17H2,1-6H3,(H,31,32)/t19-,20+,21+,22-,23-,27-,28-,29+,30-/m0/s1. The van der Waals surface area contributed by atoms with Crippen molar-refractivity contribution in [2.45, 2.75) is 117 Å². The molecule has 0 aromatic heterocycles. The van der Waals surface area contributed by atoms with Crippen molar-refractivity contribution in [1.29, 1.82) is 0 Å². The smallest absolute Gasteiger partial charge is 0.333 e. The lowest BCUT2D eigenvalue weighted by Gasteiger charge is -2.62. The average Bonchev–Trinajstić information content (AvgIpc) is 3.36. The minimum Gasteiger partial charge on any atom is -0.481 e. The van der Waals surface area contributed by atoms with Gasteiger partial charge >= 0.3 is 11.9 Å². The van der Waals surface area contributed by atoms with E-state index in [4.69, 9.17) is 4.74 Å². The molecule has 1 heterocycles. The molecule has 35 heavy (non-hydrogen) atoms. The quantitative estimate of drug-likeness (QED) is 0.441. The van der Waals surface area contributed by atoms with Crippen molar-refractivity contribution in [3.63, 3.8) is 0 Å². The van der Waals surface area contributed by atoms with E-state index in [1.165, 1.54) is 12.8 Å². The summed E-state index contributed by atoms with van der Waals surface area (Å²) in [6, 6.07) is 0. The van der Waals surface area contributed by atoms with Crippen molar-refractivity contribution in [2.24, 2.45) is 45.3 Å². The molecule has 0 saturated heterocycles. The third-order valence-corrected chi connectivity index (χ3v) is 12.6. The zero-order chi connectivity index (χ0) is 25.6. The molecule has 196 valence electrons. The SMILES string of the molecule is CC1=CC[C@H]([C@@H](C)[C@H]2CC[C@@]3(C)[C@@H]4CC[C@@H](C(C)(C)O)[C@@]5(CCC(=O)O)C[C@@]45CC[C@@]23C)OC1=O. The molecule has 5 nitrogen and oxygen atoms in total. The lowest BCUT2D eigenvalue weighted by Crippen LogP contribution is -2.56. The predicted octanol–water partition coefficient (Wildman–Crippen LogP) is 6.14. The highest BCUT2D eigenvalue weighted by Gasteiger charge is 2.81. The number of aliphatic hydroxyl groups is 1. The molecule has 4 fully saturated rings. The van der Waals surface area contributed by atoms with E-state index in [1.54, 1.807) is 0 Å². The van der Waals surface area contributed by atoms with Crippen LogP contribution in [0.5, 0.6) is 0 Å². The van der Waals surface area contributed by atoms with Gasteiger partial charge in [0.2, 0.25) is 0 Å². The fourth-order valence-electron chi connectivity index (χ4n) is 10.7. The van der Waals surface area contributed by atoms with Gasteiger partial charge in [0, 0.05) is 18.4 Å². The van der Waals surface area contributed by atoms with Gasteiger partial charge in [-0.3, -0.25) is 4.79 Å². The Morgan fingerprint density at radius 3 is 2.51 bits per heavy atom. The van der Waals surface area contributed by atoms with Gasteiger partial charge in [0.05, 0.1) is 5.60 Å². The van der Waals surface area contributed by atoms with Crippen LogP contribution in [-0.2, 0) is 14.3 Å². The first-order valence-electron chi connectivity index (χ1n) is 14.0. The number of cyclic esters (lactones) is 1. The van der Waals surface area contributed by atoms with E-state index in [0.717, 1.165) is 44.1 Å². The highest BCUT2D eigenvalue weighted by atomic mass is 16.5. The van der Waals surface area contributed by atoms with E-state index in [9.17, 15) is 19.8 Å². The van der Waals surface area contributed by atoms with Crippen LogP contribution in [0.1, 0.15) is 106 Å². The number of ether oxygens (including phenoxy) is 1. The Kier molecular flexibility index (Phi) is 5.65. The fraction of sp³-hybridized carbons (Fsp3) is 0.867. The average molecular weight is 487 g/mol. The van der Waals surface area contributed by atoms with Crippen molar-refractivity contribution in [3.8, 4) is 0 Å². The molecule has 0 bridgehead atoms. The van der Waals surface area contributed by atoms with E-state index < -0.39 is 11.6 Å². The number of carboxylic acid groups (broad SMARTS) is 1. The van der Waals surface area contributed by atoms with Crippen LogP contribution in [0.2, 0.25) is 0 Å².